The van der Waals surface area contributed by atoms with Crippen LogP contribution in [-0.2, 0) is 12.4 Å². The van der Waals surface area contributed by atoms with Gasteiger partial charge in [-0.15, -0.1) is 0 Å². The number of rotatable bonds is 18. The average Bonchev–Trinajstić information content (AvgIpc) is 3.00. The minimum absolute atomic E-state index is 0.0868. The van der Waals surface area contributed by atoms with Crippen LogP contribution in [0.15, 0.2) is 24.3 Å². The summed E-state index contributed by atoms with van der Waals surface area (Å²) in [5.74, 6) is 0. The zero-order valence-electron chi connectivity index (χ0n) is 27.7. The van der Waals surface area contributed by atoms with Crippen molar-refractivity contribution >= 4 is 52.0 Å². The highest BCUT2D eigenvalue weighted by atomic mass is 35.5. The number of nitrogens with zero attached hydrogens (tertiary/aromatic N) is 4. The second-order valence-electron chi connectivity index (χ2n) is 10.9. The number of alkyl halides is 6. The Hall–Kier alpha value is -2.69. The van der Waals surface area contributed by atoms with Gasteiger partial charge in [-0.1, -0.05) is 50.9 Å². The first-order valence-corrected chi connectivity index (χ1v) is 16.5. The number of benzene rings is 2. The molecule has 0 radical (unpaired) electrons. The molecule has 9 nitrogen and oxygen atoms in total. The van der Waals surface area contributed by atoms with E-state index in [2.05, 4.69) is 20.4 Å². The van der Waals surface area contributed by atoms with Gasteiger partial charge >= 0.3 is 18.4 Å². The van der Waals surface area contributed by atoms with Crippen molar-refractivity contribution in [2.24, 2.45) is 11.5 Å². The molecule has 0 spiro atoms. The summed E-state index contributed by atoms with van der Waals surface area (Å²) < 4.78 is 83.3. The number of amides is 2. The van der Waals surface area contributed by atoms with Gasteiger partial charge in [-0.2, -0.15) is 26.3 Å². The number of carbonyl (C=O) groups is 1. The van der Waals surface area contributed by atoms with Gasteiger partial charge < -0.3 is 41.7 Å². The molecule has 0 fully saturated rings. The molecule has 2 aromatic carbocycles. The van der Waals surface area contributed by atoms with Crippen LogP contribution in [0.25, 0.3) is 0 Å². The number of likely N-dealkylation sites (N-methyl/N-ethyl adjacent to an activating group) is 2. The predicted octanol–water partition coefficient (Wildman–Crippen LogP) is 6.89. The van der Waals surface area contributed by atoms with E-state index in [4.69, 9.17) is 34.7 Å². The third kappa shape index (κ3) is 11.7. The van der Waals surface area contributed by atoms with Gasteiger partial charge in [0.15, 0.2) is 0 Å². The molecule has 0 atom stereocenters. The first kappa shape index (κ1) is 41.5. The minimum Gasteiger partial charge on any atom is -0.366 e. The van der Waals surface area contributed by atoms with Crippen LogP contribution in [0.4, 0.5) is 53.9 Å². The largest absolute Gasteiger partial charge is 0.416 e. The molecular weight excluding hydrogens is 685 g/mol. The Kier molecular flexibility index (Phi) is 16.3. The van der Waals surface area contributed by atoms with Gasteiger partial charge in [-0.3, -0.25) is 0 Å². The highest BCUT2D eigenvalue weighted by Crippen LogP contribution is 2.43. The van der Waals surface area contributed by atoms with Crippen molar-refractivity contribution in [3.05, 3.63) is 45.4 Å². The van der Waals surface area contributed by atoms with E-state index in [1.54, 1.807) is 9.80 Å². The van der Waals surface area contributed by atoms with E-state index in [9.17, 15) is 31.1 Å². The van der Waals surface area contributed by atoms with E-state index in [0.717, 1.165) is 50.4 Å². The van der Waals surface area contributed by atoms with E-state index >= 15 is 0 Å². The normalized spacial score (nSPS) is 12.2. The zero-order chi connectivity index (χ0) is 36.2. The molecule has 6 N–H and O–H groups in total. The van der Waals surface area contributed by atoms with E-state index in [1.165, 1.54) is 0 Å². The Morgan fingerprint density at radius 2 is 0.958 bits per heavy atom. The molecule has 2 rings (SSSR count). The summed E-state index contributed by atoms with van der Waals surface area (Å²) in [5.41, 5.74) is 8.98. The third-order valence-corrected chi connectivity index (χ3v) is 8.45. The Morgan fingerprint density at radius 3 is 1.23 bits per heavy atom. The first-order chi connectivity index (χ1) is 22.5. The lowest BCUT2D eigenvalue weighted by molar-refractivity contribution is -0.138. The number of hydrogen-bond donors (Lipinski definition) is 4. The predicted molar refractivity (Wildman–Crippen MR) is 184 cm³/mol. The lowest BCUT2D eigenvalue weighted by Gasteiger charge is -2.31. The van der Waals surface area contributed by atoms with Crippen molar-refractivity contribution in [3.8, 4) is 0 Å². The fraction of sp³-hybridized carbons (Fsp3) is 0.581. The summed E-state index contributed by atoms with van der Waals surface area (Å²) in [6.45, 7) is 13.0. The van der Waals surface area contributed by atoms with E-state index < -0.39 is 29.5 Å². The Balaban J connectivity index is 2.64. The maximum atomic E-state index is 13.9. The van der Waals surface area contributed by atoms with Crippen molar-refractivity contribution in [1.82, 2.24) is 9.80 Å². The van der Waals surface area contributed by atoms with E-state index in [0.29, 0.717) is 26.2 Å². The molecule has 2 aromatic rings. The summed E-state index contributed by atoms with van der Waals surface area (Å²) in [6.07, 6.45) is -9.63. The molecule has 0 aliphatic heterocycles. The van der Waals surface area contributed by atoms with Gasteiger partial charge in [-0.05, 0) is 50.4 Å². The van der Waals surface area contributed by atoms with E-state index in [1.807, 2.05) is 27.7 Å². The minimum atomic E-state index is -4.82. The van der Waals surface area contributed by atoms with Crippen molar-refractivity contribution < 1.29 is 31.1 Å². The van der Waals surface area contributed by atoms with Gasteiger partial charge in [0.2, 0.25) is 0 Å². The van der Waals surface area contributed by atoms with Crippen molar-refractivity contribution in [2.45, 2.75) is 40.0 Å². The molecule has 0 saturated heterocycles. The Bertz CT molecular complexity index is 1230. The number of carbonyl (C=O) groups excluding carboxylic acids is 1. The molecule has 0 unspecified atom stereocenters. The Labute approximate surface area is 288 Å². The van der Waals surface area contributed by atoms with Crippen molar-refractivity contribution in [3.63, 3.8) is 0 Å². The van der Waals surface area contributed by atoms with Crippen LogP contribution in [0.1, 0.15) is 38.8 Å². The maximum absolute atomic E-state index is 13.9. The summed E-state index contributed by atoms with van der Waals surface area (Å²) in [6, 6.07) is 1.86. The molecule has 0 heterocycles. The summed E-state index contributed by atoms with van der Waals surface area (Å²) >= 11 is 12.9. The Morgan fingerprint density at radius 1 is 0.625 bits per heavy atom. The lowest BCUT2D eigenvalue weighted by Crippen LogP contribution is -2.39. The van der Waals surface area contributed by atoms with E-state index in [-0.39, 0.29) is 59.0 Å². The topological polar surface area (TPSA) is 106 Å². The summed E-state index contributed by atoms with van der Waals surface area (Å²) in [4.78, 5) is 21.0. The molecule has 0 saturated carbocycles. The van der Waals surface area contributed by atoms with Crippen LogP contribution in [0, 0.1) is 0 Å². The molecule has 48 heavy (non-hydrogen) atoms. The van der Waals surface area contributed by atoms with Gasteiger partial charge in [-0.25, -0.2) is 4.79 Å². The number of nitrogens with one attached hydrogen (secondary N) is 2. The molecule has 0 aromatic heterocycles. The molecule has 272 valence electrons. The highest BCUT2D eigenvalue weighted by Gasteiger charge is 2.35. The zero-order valence-corrected chi connectivity index (χ0v) is 29.2. The fourth-order valence-corrected chi connectivity index (χ4v) is 5.90. The molecule has 17 heteroatoms. The second-order valence-corrected chi connectivity index (χ2v) is 11.7. The van der Waals surface area contributed by atoms with Gasteiger partial charge in [0, 0.05) is 52.4 Å². The van der Waals surface area contributed by atoms with Crippen LogP contribution in [-0.4, -0.2) is 94.4 Å². The lowest BCUT2D eigenvalue weighted by atomic mass is 10.1. The first-order valence-electron chi connectivity index (χ1n) is 15.8. The fourth-order valence-electron chi connectivity index (χ4n) is 5.22. The molecule has 0 aliphatic rings. The van der Waals surface area contributed by atoms with Crippen LogP contribution in [0.5, 0.6) is 0 Å². The summed E-state index contributed by atoms with van der Waals surface area (Å²) in [5, 5.41) is 4.23. The second kappa shape index (κ2) is 18.9. The van der Waals surface area contributed by atoms with Gasteiger partial charge in [0.05, 0.1) is 43.9 Å². The maximum Gasteiger partial charge on any atom is 0.416 e. The number of nitrogens with two attached hydrogens (primary N) is 2. The van der Waals surface area contributed by atoms with Crippen LogP contribution in [0.2, 0.25) is 10.0 Å². The average molecular weight is 732 g/mol. The van der Waals surface area contributed by atoms with Gasteiger partial charge in [0.25, 0.3) is 0 Å². The van der Waals surface area contributed by atoms with Crippen LogP contribution < -0.4 is 31.9 Å². The smallest absolute Gasteiger partial charge is 0.366 e. The van der Waals surface area contributed by atoms with Crippen LogP contribution in [0.3, 0.4) is 0 Å². The monoisotopic (exact) mass is 730 g/mol. The summed E-state index contributed by atoms with van der Waals surface area (Å²) in [7, 11) is 0. The van der Waals surface area contributed by atoms with Gasteiger partial charge in [0.1, 0.15) is 0 Å². The molecule has 0 aliphatic carbocycles. The molecule has 2 amide bonds. The number of anilines is 4. The molecule has 0 bridgehead atoms. The third-order valence-electron chi connectivity index (χ3n) is 7.87. The SMILES string of the molecule is CCN(CC)CCN(CCN)c1c(Cl)cc(C(F)(F)F)cc1NC(=O)Nc1cc(C(F)(F)F)cc(Cl)c1N(CCN)CCN(CC)CC. The quantitative estimate of drug-likeness (QED) is 0.124. The van der Waals surface area contributed by atoms with Crippen molar-refractivity contribution in [1.29, 1.82) is 0 Å². The number of halogens is 8. The standard InChI is InChI=1S/C31H46Cl2F6N8O/c1-5-44(6-2)13-15-46(11-9-40)27-23(32)17-21(30(34,35)36)19-25(27)42-29(48)43-26-20-22(31(37,38)39)18-24(33)28(26)47(12-10-41)16-14-45(7-3)8-4/h17-20H,5-16,40-41H2,1-4H3,(H2,42,43,48). The van der Waals surface area contributed by atoms with Crippen LogP contribution >= 0.6 is 23.2 Å². The number of hydrogen-bond acceptors (Lipinski definition) is 7. The molecular formula is C31H46Cl2F6N8O. The van der Waals surface area contributed by atoms with Crippen molar-refractivity contribution in [2.75, 3.05) is 99.0 Å². The highest BCUT2D eigenvalue weighted by molar-refractivity contribution is 6.35. The number of urea groups is 1.